The topological polar surface area (TPSA) is 122 Å². The molecule has 7 nitrogen and oxygen atoms in total. The molecule has 1 atom stereocenters. The zero-order valence-corrected chi connectivity index (χ0v) is 19.4. The van der Waals surface area contributed by atoms with Gasteiger partial charge < -0.3 is 15.8 Å². The monoisotopic (exact) mass is 465 g/mol. The van der Waals surface area contributed by atoms with E-state index in [1.54, 1.807) is 72.8 Å². The predicted molar refractivity (Wildman–Crippen MR) is 129 cm³/mol. The second-order valence-electron chi connectivity index (χ2n) is 7.64. The molecule has 172 valence electrons. The van der Waals surface area contributed by atoms with Crippen LogP contribution in [-0.4, -0.2) is 33.1 Å². The number of hydrogen-bond acceptors (Lipinski definition) is 5. The molecule has 8 heteroatoms. The molecule has 3 aromatic rings. The van der Waals surface area contributed by atoms with Crippen LogP contribution in [0.5, 0.6) is 0 Å². The number of alkyl carbamates (subject to hydrolysis) is 1. The van der Waals surface area contributed by atoms with Crippen molar-refractivity contribution in [2.24, 2.45) is 5.73 Å². The van der Waals surface area contributed by atoms with Crippen LogP contribution in [0.1, 0.15) is 36.1 Å². The van der Waals surface area contributed by atoms with E-state index in [9.17, 15) is 13.2 Å². The summed E-state index contributed by atoms with van der Waals surface area (Å²) in [4.78, 5) is 12.6. The average Bonchev–Trinajstić information content (AvgIpc) is 2.81. The Morgan fingerprint density at radius 2 is 1.73 bits per heavy atom. The van der Waals surface area contributed by atoms with Crippen molar-refractivity contribution in [1.82, 2.24) is 5.32 Å². The number of nitrogens with two attached hydrogens (primary N) is 1. The second kappa shape index (κ2) is 10.3. The highest BCUT2D eigenvalue weighted by Gasteiger charge is 2.21. The molecule has 0 heterocycles. The number of nitrogens with one attached hydrogen (secondary N) is 2. The number of carbonyl (C=O) groups is 1. The number of amidine groups is 1. The summed E-state index contributed by atoms with van der Waals surface area (Å²) < 4.78 is 30.1. The van der Waals surface area contributed by atoms with Crippen LogP contribution in [0.15, 0.2) is 77.7 Å². The van der Waals surface area contributed by atoms with Crippen LogP contribution in [0.25, 0.3) is 11.1 Å². The van der Waals surface area contributed by atoms with Crippen molar-refractivity contribution in [3.8, 4) is 11.1 Å². The molecule has 33 heavy (non-hydrogen) atoms. The Morgan fingerprint density at radius 3 is 2.36 bits per heavy atom. The molecule has 1 unspecified atom stereocenters. The zero-order chi connectivity index (χ0) is 24.0. The number of benzene rings is 3. The molecule has 4 N–H and O–H groups in total. The van der Waals surface area contributed by atoms with Gasteiger partial charge in [-0.25, -0.2) is 13.2 Å². The maximum absolute atomic E-state index is 12.4. The normalized spacial score (nSPS) is 12.1. The van der Waals surface area contributed by atoms with Crippen molar-refractivity contribution >= 4 is 21.8 Å². The van der Waals surface area contributed by atoms with Crippen molar-refractivity contribution in [2.45, 2.75) is 24.3 Å². The van der Waals surface area contributed by atoms with Gasteiger partial charge in [0.25, 0.3) is 0 Å². The van der Waals surface area contributed by atoms with E-state index in [1.807, 2.05) is 6.92 Å². The quantitative estimate of drug-likeness (QED) is 0.339. The molecule has 3 rings (SSSR count). The Morgan fingerprint density at radius 1 is 1.03 bits per heavy atom. The maximum atomic E-state index is 12.4. The van der Waals surface area contributed by atoms with Crippen LogP contribution in [0.2, 0.25) is 0 Å². The third-order valence-corrected chi connectivity index (χ3v) is 6.21. The minimum Gasteiger partial charge on any atom is -0.436 e. The van der Waals surface area contributed by atoms with Gasteiger partial charge in [0.05, 0.1) is 4.90 Å². The minimum absolute atomic E-state index is 0.0845. The van der Waals surface area contributed by atoms with Gasteiger partial charge in [-0.3, -0.25) is 5.41 Å². The number of nitrogen functional groups attached to an aromatic ring is 1. The fourth-order valence-electron chi connectivity index (χ4n) is 3.44. The Bertz CT molecular complexity index is 1250. The van der Waals surface area contributed by atoms with Gasteiger partial charge in [-0.15, -0.1) is 0 Å². The fraction of sp³-hybridized carbons (Fsp3) is 0.200. The van der Waals surface area contributed by atoms with Gasteiger partial charge >= 0.3 is 6.09 Å². The van der Waals surface area contributed by atoms with Crippen molar-refractivity contribution in [3.63, 3.8) is 0 Å². The van der Waals surface area contributed by atoms with Crippen LogP contribution in [0.3, 0.4) is 0 Å². The van der Waals surface area contributed by atoms with Crippen LogP contribution >= 0.6 is 0 Å². The maximum Gasteiger partial charge on any atom is 0.408 e. The van der Waals surface area contributed by atoms with Crippen LogP contribution in [0.4, 0.5) is 4.79 Å². The lowest BCUT2D eigenvalue weighted by molar-refractivity contribution is 0.116. The van der Waals surface area contributed by atoms with Crippen LogP contribution in [-0.2, 0) is 14.6 Å². The smallest absolute Gasteiger partial charge is 0.408 e. The van der Waals surface area contributed by atoms with Crippen molar-refractivity contribution in [1.29, 1.82) is 5.41 Å². The van der Waals surface area contributed by atoms with E-state index in [0.29, 0.717) is 28.8 Å². The Kier molecular flexibility index (Phi) is 7.50. The summed E-state index contributed by atoms with van der Waals surface area (Å²) in [5, 5.41) is 10.4. The number of carbonyl (C=O) groups excluding carboxylic acids is 1. The first-order valence-electron chi connectivity index (χ1n) is 10.5. The molecule has 0 saturated carbocycles. The summed E-state index contributed by atoms with van der Waals surface area (Å²) in [7, 11) is -3.40. The van der Waals surface area contributed by atoms with E-state index in [4.69, 9.17) is 15.9 Å². The first-order chi connectivity index (χ1) is 15.7. The van der Waals surface area contributed by atoms with E-state index in [1.165, 1.54) is 6.26 Å². The molecule has 1 amide bonds. The van der Waals surface area contributed by atoms with E-state index < -0.39 is 22.0 Å². The first-order valence-corrected chi connectivity index (χ1v) is 12.4. The summed E-state index contributed by atoms with van der Waals surface area (Å²) in [6.45, 7) is 2.43. The Balaban J connectivity index is 2.01. The first kappa shape index (κ1) is 24.0. The molecule has 0 fully saturated rings. The van der Waals surface area contributed by atoms with Crippen LogP contribution in [0, 0.1) is 5.41 Å². The lowest BCUT2D eigenvalue weighted by Gasteiger charge is -2.20. The zero-order valence-electron chi connectivity index (χ0n) is 18.5. The Hall–Kier alpha value is -3.65. The molecular formula is C25H27N3O4S. The standard InChI is InChI=1S/C25H27N3O4S/c1-3-15-28-25(29)32-23(19-7-6-8-20(16-19)24(26)27)18-13-11-17(12-14-18)21-9-4-5-10-22(21)33(2,30)31/h4-14,16,23H,3,15H2,1-2H3,(H3,26,27)(H,28,29). The highest BCUT2D eigenvalue weighted by Crippen LogP contribution is 2.31. The lowest BCUT2D eigenvalue weighted by atomic mass is 9.97. The molecule has 0 radical (unpaired) electrons. The average molecular weight is 466 g/mol. The largest absolute Gasteiger partial charge is 0.436 e. The van der Waals surface area contributed by atoms with E-state index >= 15 is 0 Å². The van der Waals surface area contributed by atoms with E-state index in [2.05, 4.69) is 5.32 Å². The van der Waals surface area contributed by atoms with Gasteiger partial charge in [0.1, 0.15) is 5.84 Å². The highest BCUT2D eigenvalue weighted by molar-refractivity contribution is 7.90. The minimum atomic E-state index is -3.40. The summed E-state index contributed by atoms with van der Waals surface area (Å²) in [6, 6.07) is 21.0. The third-order valence-electron chi connectivity index (χ3n) is 5.06. The molecule has 3 aromatic carbocycles. The molecule has 0 saturated heterocycles. The van der Waals surface area contributed by atoms with E-state index in [-0.39, 0.29) is 10.7 Å². The molecule has 0 aliphatic carbocycles. The lowest BCUT2D eigenvalue weighted by Crippen LogP contribution is -2.27. The number of ether oxygens (including phenoxy) is 1. The summed E-state index contributed by atoms with van der Waals surface area (Å²) in [6.07, 6.45) is 0.664. The number of sulfone groups is 1. The van der Waals surface area contributed by atoms with Gasteiger partial charge in [0.15, 0.2) is 15.9 Å². The van der Waals surface area contributed by atoms with Gasteiger partial charge in [-0.2, -0.15) is 0 Å². The fourth-order valence-corrected chi connectivity index (χ4v) is 4.35. The molecule has 0 aromatic heterocycles. The van der Waals surface area contributed by atoms with Crippen LogP contribution < -0.4 is 11.1 Å². The van der Waals surface area contributed by atoms with Crippen molar-refractivity contribution < 1.29 is 17.9 Å². The number of hydrogen-bond donors (Lipinski definition) is 3. The number of amides is 1. The van der Waals surface area contributed by atoms with Gasteiger partial charge in [0, 0.05) is 23.9 Å². The number of rotatable bonds is 8. The third kappa shape index (κ3) is 5.98. The SMILES string of the molecule is CCCNC(=O)OC(c1ccc(-c2ccccc2S(C)(=O)=O)cc1)c1cccc(C(=N)N)c1. The highest BCUT2D eigenvalue weighted by atomic mass is 32.2. The molecule has 0 aliphatic rings. The van der Waals surface area contributed by atoms with Gasteiger partial charge in [-0.05, 0) is 35.2 Å². The summed E-state index contributed by atoms with van der Waals surface area (Å²) in [5.41, 5.74) is 8.85. The predicted octanol–water partition coefficient (Wildman–Crippen LogP) is 4.27. The Labute approximate surface area is 194 Å². The summed E-state index contributed by atoms with van der Waals surface area (Å²) in [5.74, 6) is -0.0845. The molecule has 0 bridgehead atoms. The molecule has 0 spiro atoms. The summed E-state index contributed by atoms with van der Waals surface area (Å²) >= 11 is 0. The molecular weight excluding hydrogens is 438 g/mol. The van der Waals surface area contributed by atoms with Crippen molar-refractivity contribution in [3.05, 3.63) is 89.5 Å². The van der Waals surface area contributed by atoms with Gasteiger partial charge in [-0.1, -0.05) is 67.6 Å². The van der Waals surface area contributed by atoms with Crippen molar-refractivity contribution in [2.75, 3.05) is 12.8 Å². The van der Waals surface area contributed by atoms with Gasteiger partial charge in [0.2, 0.25) is 0 Å². The molecule has 0 aliphatic heterocycles. The van der Waals surface area contributed by atoms with E-state index in [0.717, 1.165) is 12.0 Å². The second-order valence-corrected chi connectivity index (χ2v) is 9.63.